The number of nitrogens with one attached hydrogen (secondary N) is 2. The third-order valence-electron chi connectivity index (χ3n) is 5.12. The molecule has 0 spiro atoms. The first-order valence-corrected chi connectivity index (χ1v) is 9.54. The summed E-state index contributed by atoms with van der Waals surface area (Å²) in [4.78, 5) is 38.8. The number of carbonyl (C=O) groups is 3. The van der Waals surface area contributed by atoms with E-state index < -0.39 is 0 Å². The van der Waals surface area contributed by atoms with E-state index in [-0.39, 0.29) is 23.9 Å². The second-order valence-corrected chi connectivity index (χ2v) is 7.60. The van der Waals surface area contributed by atoms with E-state index in [0.717, 1.165) is 32.1 Å². The molecule has 1 fully saturated rings. The van der Waals surface area contributed by atoms with Gasteiger partial charge in [-0.1, -0.05) is 33.1 Å². The van der Waals surface area contributed by atoms with Gasteiger partial charge in [-0.2, -0.15) is 0 Å². The van der Waals surface area contributed by atoms with Crippen molar-refractivity contribution in [1.82, 2.24) is 10.2 Å². The number of nitrogens with zero attached hydrogens (tertiary/aromatic N) is 1. The summed E-state index contributed by atoms with van der Waals surface area (Å²) in [6, 6.07) is 4.64. The molecule has 0 aromatic heterocycles. The van der Waals surface area contributed by atoms with Gasteiger partial charge in [-0.05, 0) is 43.4 Å². The molecule has 2 aliphatic rings. The van der Waals surface area contributed by atoms with E-state index in [1.54, 1.807) is 18.2 Å². The zero-order valence-electron chi connectivity index (χ0n) is 15.5. The number of anilines is 1. The molecule has 1 saturated carbocycles. The summed E-state index contributed by atoms with van der Waals surface area (Å²) in [5, 5.41) is 5.54. The quantitative estimate of drug-likeness (QED) is 0.787. The van der Waals surface area contributed by atoms with Gasteiger partial charge in [-0.15, -0.1) is 0 Å². The van der Waals surface area contributed by atoms with Crippen molar-refractivity contribution in [1.29, 1.82) is 0 Å². The molecule has 1 heterocycles. The van der Waals surface area contributed by atoms with Gasteiger partial charge in [-0.3, -0.25) is 14.5 Å². The SMILES string of the molecule is CC(C)CCNC(=O)Nc1ccc2c(c1)C(=O)N(C1CCCCC1)C2=O. The Kier molecular flexibility index (Phi) is 5.59. The third kappa shape index (κ3) is 3.89. The van der Waals surface area contributed by atoms with Gasteiger partial charge in [-0.25, -0.2) is 4.79 Å². The summed E-state index contributed by atoms with van der Waals surface area (Å²) >= 11 is 0. The minimum Gasteiger partial charge on any atom is -0.338 e. The number of amides is 4. The lowest BCUT2D eigenvalue weighted by Gasteiger charge is -2.29. The molecule has 1 aliphatic carbocycles. The largest absolute Gasteiger partial charge is 0.338 e. The van der Waals surface area contributed by atoms with Crippen LogP contribution in [0.2, 0.25) is 0 Å². The zero-order chi connectivity index (χ0) is 18.7. The highest BCUT2D eigenvalue weighted by Gasteiger charge is 2.40. The fourth-order valence-electron chi connectivity index (χ4n) is 3.66. The molecule has 6 nitrogen and oxygen atoms in total. The van der Waals surface area contributed by atoms with Crippen LogP contribution in [0.1, 0.15) is 73.1 Å². The topological polar surface area (TPSA) is 78.5 Å². The average Bonchev–Trinajstić information content (AvgIpc) is 2.86. The van der Waals surface area contributed by atoms with E-state index >= 15 is 0 Å². The van der Waals surface area contributed by atoms with E-state index in [1.165, 1.54) is 11.3 Å². The lowest BCUT2D eigenvalue weighted by Crippen LogP contribution is -2.40. The molecular formula is C20H27N3O3. The van der Waals surface area contributed by atoms with Crippen molar-refractivity contribution < 1.29 is 14.4 Å². The maximum Gasteiger partial charge on any atom is 0.319 e. The number of benzene rings is 1. The van der Waals surface area contributed by atoms with E-state index in [2.05, 4.69) is 24.5 Å². The fraction of sp³-hybridized carbons (Fsp3) is 0.550. The number of imide groups is 1. The monoisotopic (exact) mass is 357 g/mol. The van der Waals surface area contributed by atoms with Gasteiger partial charge in [0.15, 0.2) is 0 Å². The Balaban J connectivity index is 1.68. The van der Waals surface area contributed by atoms with Crippen LogP contribution in [-0.4, -0.2) is 35.3 Å². The minimum absolute atomic E-state index is 0.00638. The van der Waals surface area contributed by atoms with Crippen molar-refractivity contribution in [2.45, 2.75) is 58.4 Å². The Labute approximate surface area is 154 Å². The molecule has 0 bridgehead atoms. The number of fused-ring (bicyclic) bond motifs is 1. The highest BCUT2D eigenvalue weighted by atomic mass is 16.2. The molecule has 0 unspecified atom stereocenters. The van der Waals surface area contributed by atoms with Gasteiger partial charge in [0, 0.05) is 18.3 Å². The number of urea groups is 1. The normalized spacial score (nSPS) is 17.6. The zero-order valence-corrected chi connectivity index (χ0v) is 15.5. The molecule has 1 aromatic rings. The first kappa shape index (κ1) is 18.4. The molecule has 1 aliphatic heterocycles. The molecule has 6 heteroatoms. The van der Waals surface area contributed by atoms with Crippen molar-refractivity contribution in [2.24, 2.45) is 5.92 Å². The molecule has 4 amide bonds. The number of rotatable bonds is 5. The van der Waals surface area contributed by atoms with Crippen LogP contribution in [0.3, 0.4) is 0 Å². The van der Waals surface area contributed by atoms with Crippen LogP contribution in [0.15, 0.2) is 18.2 Å². The van der Waals surface area contributed by atoms with Crippen molar-refractivity contribution in [3.8, 4) is 0 Å². The van der Waals surface area contributed by atoms with E-state index in [4.69, 9.17) is 0 Å². The molecule has 3 rings (SSSR count). The Morgan fingerprint density at radius 2 is 1.81 bits per heavy atom. The Morgan fingerprint density at radius 1 is 1.12 bits per heavy atom. The molecule has 26 heavy (non-hydrogen) atoms. The van der Waals surface area contributed by atoms with Crippen LogP contribution in [0, 0.1) is 5.92 Å². The summed E-state index contributed by atoms with van der Waals surface area (Å²) in [6.45, 7) is 4.79. The lowest BCUT2D eigenvalue weighted by molar-refractivity contribution is 0.0549. The maximum absolute atomic E-state index is 12.8. The van der Waals surface area contributed by atoms with E-state index in [1.807, 2.05) is 0 Å². The van der Waals surface area contributed by atoms with Crippen LogP contribution < -0.4 is 10.6 Å². The Bertz CT molecular complexity index is 708. The fourth-order valence-corrected chi connectivity index (χ4v) is 3.66. The lowest BCUT2D eigenvalue weighted by atomic mass is 9.94. The van der Waals surface area contributed by atoms with Gasteiger partial charge in [0.05, 0.1) is 11.1 Å². The molecule has 0 saturated heterocycles. The second kappa shape index (κ2) is 7.89. The van der Waals surface area contributed by atoms with Crippen molar-refractivity contribution in [2.75, 3.05) is 11.9 Å². The molecule has 140 valence electrons. The van der Waals surface area contributed by atoms with Crippen LogP contribution in [0.25, 0.3) is 0 Å². The van der Waals surface area contributed by atoms with Gasteiger partial charge < -0.3 is 10.6 Å². The summed E-state index contributed by atoms with van der Waals surface area (Å²) in [5.74, 6) is 0.0790. The highest BCUT2D eigenvalue weighted by molar-refractivity contribution is 6.22. The van der Waals surface area contributed by atoms with Crippen molar-refractivity contribution in [3.63, 3.8) is 0 Å². The Hall–Kier alpha value is -2.37. The van der Waals surface area contributed by atoms with Crippen LogP contribution in [0.4, 0.5) is 10.5 Å². The van der Waals surface area contributed by atoms with Gasteiger partial charge in [0.25, 0.3) is 11.8 Å². The first-order valence-electron chi connectivity index (χ1n) is 9.54. The predicted molar refractivity (Wildman–Crippen MR) is 100 cm³/mol. The highest BCUT2D eigenvalue weighted by Crippen LogP contribution is 2.32. The molecule has 1 aromatic carbocycles. The van der Waals surface area contributed by atoms with Gasteiger partial charge >= 0.3 is 6.03 Å². The summed E-state index contributed by atoms with van der Waals surface area (Å²) in [6.07, 6.45) is 5.95. The standard InChI is InChI=1S/C20H27N3O3/c1-13(2)10-11-21-20(26)22-14-8-9-16-17(12-14)19(25)23(18(16)24)15-6-4-3-5-7-15/h8-9,12-13,15H,3-7,10-11H2,1-2H3,(H2,21,22,26). The van der Waals surface area contributed by atoms with Crippen molar-refractivity contribution in [3.05, 3.63) is 29.3 Å². The van der Waals surface area contributed by atoms with Crippen molar-refractivity contribution >= 4 is 23.5 Å². The van der Waals surface area contributed by atoms with E-state index in [0.29, 0.717) is 29.3 Å². The second-order valence-electron chi connectivity index (χ2n) is 7.60. The summed E-state index contributed by atoms with van der Waals surface area (Å²) in [5.41, 5.74) is 1.35. The third-order valence-corrected chi connectivity index (χ3v) is 5.12. The number of hydrogen-bond donors (Lipinski definition) is 2. The average molecular weight is 357 g/mol. The van der Waals surface area contributed by atoms with Gasteiger partial charge in [0.1, 0.15) is 0 Å². The molecular weight excluding hydrogens is 330 g/mol. The predicted octanol–water partition coefficient (Wildman–Crippen LogP) is 3.78. The minimum atomic E-state index is -0.300. The maximum atomic E-state index is 12.8. The van der Waals surface area contributed by atoms with E-state index in [9.17, 15) is 14.4 Å². The molecule has 0 atom stereocenters. The Morgan fingerprint density at radius 3 is 2.50 bits per heavy atom. The number of hydrogen-bond acceptors (Lipinski definition) is 3. The summed E-state index contributed by atoms with van der Waals surface area (Å²) in [7, 11) is 0. The summed E-state index contributed by atoms with van der Waals surface area (Å²) < 4.78 is 0. The smallest absolute Gasteiger partial charge is 0.319 e. The van der Waals surface area contributed by atoms with Crippen LogP contribution in [-0.2, 0) is 0 Å². The van der Waals surface area contributed by atoms with Crippen LogP contribution in [0.5, 0.6) is 0 Å². The first-order chi connectivity index (χ1) is 12.5. The van der Waals surface area contributed by atoms with Gasteiger partial charge in [0.2, 0.25) is 0 Å². The molecule has 2 N–H and O–H groups in total. The molecule has 0 radical (unpaired) electrons. The van der Waals surface area contributed by atoms with Crippen LogP contribution >= 0.6 is 0 Å². The number of carbonyl (C=O) groups excluding carboxylic acids is 3.